The van der Waals surface area contributed by atoms with Gasteiger partial charge in [0.25, 0.3) is 0 Å². The zero-order valence-electron chi connectivity index (χ0n) is 16.1. The number of benzene rings is 1. The molecule has 2 N–H and O–H groups in total. The number of hydrogen-bond acceptors (Lipinski definition) is 4. The topological polar surface area (TPSA) is 68.5 Å². The number of nitrogens with zero attached hydrogens (tertiary/aromatic N) is 2. The summed E-state index contributed by atoms with van der Waals surface area (Å²) in [5, 5.41) is 0.867. The van der Waals surface area contributed by atoms with E-state index in [9.17, 15) is 4.79 Å². The van der Waals surface area contributed by atoms with Crippen molar-refractivity contribution in [3.8, 4) is 5.75 Å². The Balaban J connectivity index is 1.48. The third kappa shape index (κ3) is 3.73. The number of likely N-dealkylation sites (tertiary alicyclic amines) is 1. The van der Waals surface area contributed by atoms with Crippen molar-refractivity contribution in [1.82, 2.24) is 9.88 Å². The number of carbonyl (C=O) groups excluding carboxylic acids is 1. The molecule has 1 aromatic carbocycles. The van der Waals surface area contributed by atoms with Gasteiger partial charge in [0.15, 0.2) is 0 Å². The van der Waals surface area contributed by atoms with Crippen molar-refractivity contribution in [2.45, 2.75) is 57.9 Å². The van der Waals surface area contributed by atoms with Gasteiger partial charge in [-0.3, -0.25) is 9.78 Å². The normalized spacial score (nSPS) is 20.9. The van der Waals surface area contributed by atoms with Crippen LogP contribution in [0.25, 0.3) is 10.9 Å². The molecule has 1 amide bonds. The van der Waals surface area contributed by atoms with Crippen molar-refractivity contribution in [3.63, 3.8) is 0 Å². The van der Waals surface area contributed by atoms with E-state index in [1.54, 1.807) is 0 Å². The molecule has 2 fully saturated rings. The summed E-state index contributed by atoms with van der Waals surface area (Å²) in [7, 11) is 0. The van der Waals surface area contributed by atoms with Crippen LogP contribution in [-0.4, -0.2) is 35.0 Å². The van der Waals surface area contributed by atoms with E-state index in [-0.39, 0.29) is 12.0 Å². The van der Waals surface area contributed by atoms with Crippen molar-refractivity contribution in [2.75, 3.05) is 18.9 Å². The third-order valence-corrected chi connectivity index (χ3v) is 6.00. The minimum absolute atomic E-state index is 0.161. The van der Waals surface area contributed by atoms with Gasteiger partial charge in [0.05, 0.1) is 16.9 Å². The van der Waals surface area contributed by atoms with Crippen molar-refractivity contribution in [2.24, 2.45) is 5.92 Å². The van der Waals surface area contributed by atoms with Gasteiger partial charge in [-0.2, -0.15) is 0 Å². The highest BCUT2D eigenvalue weighted by Gasteiger charge is 2.34. The van der Waals surface area contributed by atoms with E-state index in [4.69, 9.17) is 10.5 Å². The summed E-state index contributed by atoms with van der Waals surface area (Å²) < 4.78 is 6.18. The number of ether oxygens (including phenoxy) is 1. The molecule has 4 rings (SSSR count). The zero-order valence-corrected chi connectivity index (χ0v) is 16.1. The summed E-state index contributed by atoms with van der Waals surface area (Å²) in [6.07, 6.45) is 7.81. The predicted molar refractivity (Wildman–Crippen MR) is 108 cm³/mol. The zero-order chi connectivity index (χ0) is 18.8. The van der Waals surface area contributed by atoms with E-state index in [2.05, 4.69) is 9.88 Å². The molecule has 0 radical (unpaired) electrons. The molecule has 5 nitrogen and oxygen atoms in total. The number of rotatable bonds is 4. The van der Waals surface area contributed by atoms with Crippen molar-refractivity contribution in [1.29, 1.82) is 0 Å². The van der Waals surface area contributed by atoms with Crippen molar-refractivity contribution >= 4 is 22.5 Å². The molecular weight excluding hydrogens is 338 g/mol. The Hall–Kier alpha value is -2.30. The molecule has 27 heavy (non-hydrogen) atoms. The number of fused-ring (bicyclic) bond motifs is 1. The monoisotopic (exact) mass is 367 g/mol. The van der Waals surface area contributed by atoms with E-state index < -0.39 is 0 Å². The Bertz CT molecular complexity index is 830. The smallest absolute Gasteiger partial charge is 0.226 e. The highest BCUT2D eigenvalue weighted by Crippen LogP contribution is 2.32. The van der Waals surface area contributed by atoms with Gasteiger partial charge in [-0.25, -0.2) is 0 Å². The molecule has 2 heterocycles. The molecule has 1 aliphatic carbocycles. The summed E-state index contributed by atoms with van der Waals surface area (Å²) >= 11 is 0. The quantitative estimate of drug-likeness (QED) is 0.884. The van der Waals surface area contributed by atoms with E-state index in [0.717, 1.165) is 54.6 Å². The second-order valence-electron chi connectivity index (χ2n) is 7.98. The average molecular weight is 367 g/mol. The van der Waals surface area contributed by atoms with E-state index in [1.165, 1.54) is 19.3 Å². The molecule has 1 aliphatic heterocycles. The second-order valence-corrected chi connectivity index (χ2v) is 7.98. The SMILES string of the molecule is Cc1cc(N)c2c(OC[C@H]3CCCN3C(=O)C3CCCCC3)cccc2n1. The van der Waals surface area contributed by atoms with Gasteiger partial charge in [-0.1, -0.05) is 25.3 Å². The summed E-state index contributed by atoms with van der Waals surface area (Å²) in [5.41, 5.74) is 8.67. The lowest BCUT2D eigenvalue weighted by molar-refractivity contribution is -0.137. The van der Waals surface area contributed by atoms with Gasteiger partial charge in [0.2, 0.25) is 5.91 Å². The fourth-order valence-corrected chi connectivity index (χ4v) is 4.61. The summed E-state index contributed by atoms with van der Waals surface area (Å²) in [5.74, 6) is 1.32. The minimum Gasteiger partial charge on any atom is -0.491 e. The third-order valence-electron chi connectivity index (χ3n) is 6.00. The number of carbonyl (C=O) groups is 1. The summed E-state index contributed by atoms with van der Waals surface area (Å²) in [6, 6.07) is 7.89. The van der Waals surface area contributed by atoms with Gasteiger partial charge in [0, 0.05) is 23.8 Å². The Labute approximate surface area is 160 Å². The maximum Gasteiger partial charge on any atom is 0.226 e. The van der Waals surface area contributed by atoms with Crippen LogP contribution < -0.4 is 10.5 Å². The Morgan fingerprint density at radius 3 is 2.85 bits per heavy atom. The van der Waals surface area contributed by atoms with Crippen LogP contribution in [0.15, 0.2) is 24.3 Å². The highest BCUT2D eigenvalue weighted by atomic mass is 16.5. The first kappa shape index (κ1) is 18.1. The Kier molecular flexibility index (Phi) is 5.19. The lowest BCUT2D eigenvalue weighted by Crippen LogP contribution is -2.42. The van der Waals surface area contributed by atoms with Crippen LogP contribution in [0.5, 0.6) is 5.75 Å². The van der Waals surface area contributed by atoms with E-state index in [1.807, 2.05) is 31.2 Å². The lowest BCUT2D eigenvalue weighted by Gasteiger charge is -2.30. The molecule has 0 spiro atoms. The summed E-state index contributed by atoms with van der Waals surface area (Å²) in [6.45, 7) is 3.32. The van der Waals surface area contributed by atoms with E-state index >= 15 is 0 Å². The first-order valence-electron chi connectivity index (χ1n) is 10.2. The van der Waals surface area contributed by atoms with Crippen LogP contribution in [0.1, 0.15) is 50.6 Å². The van der Waals surface area contributed by atoms with Gasteiger partial charge in [0.1, 0.15) is 12.4 Å². The maximum atomic E-state index is 13.0. The van der Waals surface area contributed by atoms with Gasteiger partial charge in [-0.15, -0.1) is 0 Å². The fourth-order valence-electron chi connectivity index (χ4n) is 4.61. The predicted octanol–water partition coefficient (Wildman–Crippen LogP) is 4.08. The van der Waals surface area contributed by atoms with Gasteiger partial charge >= 0.3 is 0 Å². The number of amides is 1. The minimum atomic E-state index is 0.161. The number of aromatic nitrogens is 1. The molecule has 0 bridgehead atoms. The molecule has 1 atom stereocenters. The van der Waals surface area contributed by atoms with Gasteiger partial charge in [-0.05, 0) is 50.8 Å². The highest BCUT2D eigenvalue weighted by molar-refractivity contribution is 5.95. The van der Waals surface area contributed by atoms with Crippen molar-refractivity contribution < 1.29 is 9.53 Å². The molecule has 1 aromatic heterocycles. The number of hydrogen-bond donors (Lipinski definition) is 1. The Morgan fingerprint density at radius 2 is 2.04 bits per heavy atom. The molecular formula is C22H29N3O2. The molecule has 1 saturated carbocycles. The van der Waals surface area contributed by atoms with Crippen LogP contribution in [0.3, 0.4) is 0 Å². The van der Waals surface area contributed by atoms with Crippen molar-refractivity contribution in [3.05, 3.63) is 30.0 Å². The molecule has 144 valence electrons. The standard InChI is InChI=1S/C22H29N3O2/c1-15-13-18(23)21-19(24-15)10-5-11-20(21)27-14-17-9-6-12-25(17)22(26)16-7-3-2-4-8-16/h5,10-11,13,16-17H,2-4,6-9,12,14H2,1H3,(H2,23,24)/t17-/m1/s1. The van der Waals surface area contributed by atoms with Crippen LogP contribution in [-0.2, 0) is 4.79 Å². The first-order valence-corrected chi connectivity index (χ1v) is 10.2. The lowest BCUT2D eigenvalue weighted by atomic mass is 9.88. The second kappa shape index (κ2) is 7.75. The average Bonchev–Trinajstić information content (AvgIpc) is 3.14. The van der Waals surface area contributed by atoms with E-state index in [0.29, 0.717) is 18.2 Å². The number of nitrogen functional groups attached to an aromatic ring is 1. The molecule has 0 unspecified atom stereocenters. The fraction of sp³-hybridized carbons (Fsp3) is 0.545. The number of anilines is 1. The molecule has 1 saturated heterocycles. The maximum absolute atomic E-state index is 13.0. The number of aryl methyl sites for hydroxylation is 1. The van der Waals surface area contributed by atoms with Crippen LogP contribution in [0.2, 0.25) is 0 Å². The molecule has 5 heteroatoms. The van der Waals surface area contributed by atoms with Gasteiger partial charge < -0.3 is 15.4 Å². The van der Waals surface area contributed by atoms with Crippen LogP contribution in [0.4, 0.5) is 5.69 Å². The van der Waals surface area contributed by atoms with Crippen LogP contribution in [0, 0.1) is 12.8 Å². The first-order chi connectivity index (χ1) is 13.1. The summed E-state index contributed by atoms with van der Waals surface area (Å²) in [4.78, 5) is 19.6. The number of nitrogens with two attached hydrogens (primary N) is 1. The largest absolute Gasteiger partial charge is 0.491 e. The number of pyridine rings is 1. The molecule has 2 aliphatic rings. The Morgan fingerprint density at radius 1 is 1.22 bits per heavy atom. The van der Waals surface area contributed by atoms with Crippen LogP contribution >= 0.6 is 0 Å². The molecule has 2 aromatic rings.